The second-order valence-electron chi connectivity index (χ2n) is 5.81. The summed E-state index contributed by atoms with van der Waals surface area (Å²) in [7, 11) is 0. The molecule has 0 radical (unpaired) electrons. The van der Waals surface area contributed by atoms with Crippen molar-refractivity contribution < 1.29 is 9.84 Å². The van der Waals surface area contributed by atoms with Gasteiger partial charge in [0.25, 0.3) is 0 Å². The molecule has 0 aromatic rings. The molecule has 0 amide bonds. The van der Waals surface area contributed by atoms with E-state index in [1.807, 2.05) is 0 Å². The van der Waals surface area contributed by atoms with Gasteiger partial charge in [0.2, 0.25) is 0 Å². The molecule has 1 atom stereocenters. The van der Waals surface area contributed by atoms with E-state index >= 15 is 0 Å². The van der Waals surface area contributed by atoms with Crippen molar-refractivity contribution in [2.45, 2.75) is 32.5 Å². The van der Waals surface area contributed by atoms with Crippen LogP contribution in [0.2, 0.25) is 0 Å². The maximum atomic E-state index is 10.2. The minimum atomic E-state index is -0.459. The smallest absolute Gasteiger partial charge is 0.0922 e. The second kappa shape index (κ2) is 5.22. The number of likely N-dealkylation sites (N-methyl/N-ethyl adjacent to an activating group) is 1. The van der Waals surface area contributed by atoms with Gasteiger partial charge in [-0.15, -0.1) is 0 Å². The molecule has 2 rings (SSSR count). The van der Waals surface area contributed by atoms with Crippen LogP contribution in [0, 0.1) is 5.92 Å². The first-order valence-corrected chi connectivity index (χ1v) is 6.82. The van der Waals surface area contributed by atoms with Crippen molar-refractivity contribution in [2.24, 2.45) is 5.92 Å². The zero-order chi connectivity index (χ0) is 12.5. The predicted octanol–water partition coefficient (Wildman–Crippen LogP) is 0.410. The van der Waals surface area contributed by atoms with Crippen LogP contribution in [0.25, 0.3) is 0 Å². The van der Waals surface area contributed by atoms with Crippen LogP contribution in [-0.2, 0) is 4.74 Å². The van der Waals surface area contributed by atoms with Gasteiger partial charge in [-0.3, -0.25) is 9.80 Å². The SMILES string of the molecule is CCN1CCOC(CN2CC(O)(C(C)C)C2)C1. The fraction of sp³-hybridized carbons (Fsp3) is 1.00. The van der Waals surface area contributed by atoms with Crippen LogP contribution in [0.3, 0.4) is 0 Å². The minimum Gasteiger partial charge on any atom is -0.387 e. The number of nitrogens with zero attached hydrogens (tertiary/aromatic N) is 2. The number of aliphatic hydroxyl groups is 1. The Balaban J connectivity index is 1.73. The molecule has 0 saturated carbocycles. The summed E-state index contributed by atoms with van der Waals surface area (Å²) in [6.45, 7) is 13.0. The molecule has 0 bridgehead atoms. The molecule has 0 aliphatic carbocycles. The molecule has 1 N–H and O–H groups in total. The molecule has 100 valence electrons. The van der Waals surface area contributed by atoms with Crippen molar-refractivity contribution in [3.63, 3.8) is 0 Å². The van der Waals surface area contributed by atoms with Gasteiger partial charge in [0.1, 0.15) is 0 Å². The summed E-state index contributed by atoms with van der Waals surface area (Å²) in [6.07, 6.45) is 0.320. The fourth-order valence-electron chi connectivity index (χ4n) is 2.69. The lowest BCUT2D eigenvalue weighted by molar-refractivity contribution is -0.145. The zero-order valence-corrected chi connectivity index (χ0v) is 11.4. The first-order valence-electron chi connectivity index (χ1n) is 6.82. The lowest BCUT2D eigenvalue weighted by Gasteiger charge is -2.50. The lowest BCUT2D eigenvalue weighted by atomic mass is 9.83. The Labute approximate surface area is 105 Å². The fourth-order valence-corrected chi connectivity index (χ4v) is 2.69. The summed E-state index contributed by atoms with van der Waals surface area (Å²) in [4.78, 5) is 4.74. The van der Waals surface area contributed by atoms with Crippen molar-refractivity contribution in [3.8, 4) is 0 Å². The predicted molar refractivity (Wildman–Crippen MR) is 68.1 cm³/mol. The third-order valence-corrected chi connectivity index (χ3v) is 4.20. The Kier molecular flexibility index (Phi) is 4.08. The van der Waals surface area contributed by atoms with Gasteiger partial charge in [-0.2, -0.15) is 0 Å². The van der Waals surface area contributed by atoms with Crippen LogP contribution < -0.4 is 0 Å². The Bertz CT molecular complexity index is 252. The van der Waals surface area contributed by atoms with Gasteiger partial charge in [0.05, 0.1) is 18.3 Å². The molecule has 4 heteroatoms. The summed E-state index contributed by atoms with van der Waals surface area (Å²) in [6, 6.07) is 0. The average molecular weight is 242 g/mol. The Morgan fingerprint density at radius 1 is 1.35 bits per heavy atom. The number of rotatable bonds is 4. The summed E-state index contributed by atoms with van der Waals surface area (Å²) >= 11 is 0. The van der Waals surface area contributed by atoms with Gasteiger partial charge in [0.15, 0.2) is 0 Å². The molecule has 1 unspecified atom stereocenters. The van der Waals surface area contributed by atoms with E-state index < -0.39 is 5.60 Å². The van der Waals surface area contributed by atoms with E-state index in [0.717, 1.165) is 45.9 Å². The summed E-state index contributed by atoms with van der Waals surface area (Å²) in [5.74, 6) is 0.346. The summed E-state index contributed by atoms with van der Waals surface area (Å²) in [5.41, 5.74) is -0.459. The monoisotopic (exact) mass is 242 g/mol. The van der Waals surface area contributed by atoms with Crippen molar-refractivity contribution in [2.75, 3.05) is 45.9 Å². The van der Waals surface area contributed by atoms with Crippen LogP contribution in [0.15, 0.2) is 0 Å². The normalized spacial score (nSPS) is 30.5. The standard InChI is InChI=1S/C13H26N2O2/c1-4-14-5-6-17-12(7-14)8-15-9-13(16,10-15)11(2)3/h11-12,16H,4-10H2,1-3H3. The molecule has 2 heterocycles. The third-order valence-electron chi connectivity index (χ3n) is 4.20. The molecule has 2 fully saturated rings. The molecule has 4 nitrogen and oxygen atoms in total. The van der Waals surface area contributed by atoms with E-state index in [1.165, 1.54) is 0 Å². The summed E-state index contributed by atoms with van der Waals surface area (Å²) < 4.78 is 5.78. The van der Waals surface area contributed by atoms with Crippen LogP contribution in [0.1, 0.15) is 20.8 Å². The molecule has 2 aliphatic heterocycles. The van der Waals surface area contributed by atoms with Crippen molar-refractivity contribution in [1.29, 1.82) is 0 Å². The molecular formula is C13H26N2O2. The van der Waals surface area contributed by atoms with Crippen molar-refractivity contribution in [3.05, 3.63) is 0 Å². The Hall–Kier alpha value is -0.160. The van der Waals surface area contributed by atoms with Gasteiger partial charge in [-0.25, -0.2) is 0 Å². The highest BCUT2D eigenvalue weighted by molar-refractivity contribution is 4.98. The van der Waals surface area contributed by atoms with Gasteiger partial charge in [-0.1, -0.05) is 20.8 Å². The maximum absolute atomic E-state index is 10.2. The number of hydrogen-bond acceptors (Lipinski definition) is 4. The maximum Gasteiger partial charge on any atom is 0.0922 e. The molecule has 0 aromatic carbocycles. The van der Waals surface area contributed by atoms with E-state index in [4.69, 9.17) is 4.74 Å². The van der Waals surface area contributed by atoms with Gasteiger partial charge >= 0.3 is 0 Å². The molecule has 2 saturated heterocycles. The summed E-state index contributed by atoms with van der Waals surface area (Å²) in [5, 5.41) is 10.2. The number of likely N-dealkylation sites (tertiary alicyclic amines) is 1. The minimum absolute atomic E-state index is 0.320. The van der Waals surface area contributed by atoms with Gasteiger partial charge in [-0.05, 0) is 12.5 Å². The molecule has 17 heavy (non-hydrogen) atoms. The number of β-amino-alcohol motifs (C(OH)–C–C–N with tert-alkyl or cyclic N) is 1. The highest BCUT2D eigenvalue weighted by Crippen LogP contribution is 2.28. The first-order chi connectivity index (χ1) is 8.03. The van der Waals surface area contributed by atoms with Crippen LogP contribution in [0.4, 0.5) is 0 Å². The quantitative estimate of drug-likeness (QED) is 0.774. The zero-order valence-electron chi connectivity index (χ0n) is 11.4. The topological polar surface area (TPSA) is 35.9 Å². The Morgan fingerprint density at radius 3 is 2.65 bits per heavy atom. The van der Waals surface area contributed by atoms with E-state index in [0.29, 0.717) is 12.0 Å². The highest BCUT2D eigenvalue weighted by Gasteiger charge is 2.44. The number of ether oxygens (including phenoxy) is 1. The molecular weight excluding hydrogens is 216 g/mol. The van der Waals surface area contributed by atoms with Crippen LogP contribution in [-0.4, -0.2) is 72.5 Å². The van der Waals surface area contributed by atoms with E-state index in [-0.39, 0.29) is 0 Å². The van der Waals surface area contributed by atoms with Crippen LogP contribution >= 0.6 is 0 Å². The van der Waals surface area contributed by atoms with Crippen molar-refractivity contribution >= 4 is 0 Å². The van der Waals surface area contributed by atoms with E-state index in [1.54, 1.807) is 0 Å². The number of morpholine rings is 1. The third kappa shape index (κ3) is 2.99. The Morgan fingerprint density at radius 2 is 2.06 bits per heavy atom. The average Bonchev–Trinajstić information content (AvgIpc) is 2.27. The lowest BCUT2D eigenvalue weighted by Crippen LogP contribution is -2.66. The van der Waals surface area contributed by atoms with Crippen molar-refractivity contribution in [1.82, 2.24) is 9.80 Å². The molecule has 0 spiro atoms. The number of hydrogen-bond donors (Lipinski definition) is 1. The largest absolute Gasteiger partial charge is 0.387 e. The van der Waals surface area contributed by atoms with E-state index in [9.17, 15) is 5.11 Å². The van der Waals surface area contributed by atoms with Crippen LogP contribution in [0.5, 0.6) is 0 Å². The van der Waals surface area contributed by atoms with Gasteiger partial charge < -0.3 is 9.84 Å². The molecule has 0 aromatic heterocycles. The van der Waals surface area contributed by atoms with E-state index in [2.05, 4.69) is 30.6 Å². The molecule has 2 aliphatic rings. The van der Waals surface area contributed by atoms with Gasteiger partial charge in [0, 0.05) is 32.7 Å². The first kappa shape index (κ1) is 13.3. The highest BCUT2D eigenvalue weighted by atomic mass is 16.5. The second-order valence-corrected chi connectivity index (χ2v) is 5.81.